The van der Waals surface area contributed by atoms with Crippen molar-refractivity contribution < 1.29 is 19.4 Å². The van der Waals surface area contributed by atoms with E-state index in [1.54, 1.807) is 0 Å². The first-order valence-corrected chi connectivity index (χ1v) is 8.42. The average molecular weight is 383 g/mol. The van der Waals surface area contributed by atoms with Crippen molar-refractivity contribution in [2.24, 2.45) is 0 Å². The molecule has 1 aliphatic rings. The third-order valence-corrected chi connectivity index (χ3v) is 4.29. The van der Waals surface area contributed by atoms with Crippen molar-refractivity contribution in [3.63, 3.8) is 0 Å². The molecule has 0 saturated heterocycles. The van der Waals surface area contributed by atoms with Crippen molar-refractivity contribution in [1.29, 1.82) is 5.26 Å². The number of carboxylic acid groups (broad SMARTS) is 1. The highest BCUT2D eigenvalue weighted by molar-refractivity contribution is 6.37. The van der Waals surface area contributed by atoms with Crippen LogP contribution in [0.15, 0.2) is 17.7 Å². The Morgan fingerprint density at radius 1 is 1.32 bits per heavy atom. The van der Waals surface area contributed by atoms with Crippen LogP contribution in [0.1, 0.15) is 31.2 Å². The van der Waals surface area contributed by atoms with Gasteiger partial charge in [-0.3, -0.25) is 4.79 Å². The molecule has 0 spiro atoms. The highest BCUT2D eigenvalue weighted by atomic mass is 35.5. The van der Waals surface area contributed by atoms with Crippen LogP contribution in [0.5, 0.6) is 5.75 Å². The quantitative estimate of drug-likeness (QED) is 0.579. The first kappa shape index (κ1) is 19.1. The van der Waals surface area contributed by atoms with Crippen LogP contribution in [-0.2, 0) is 9.59 Å². The Balaban J connectivity index is 2.18. The fourth-order valence-electron chi connectivity index (χ4n) is 2.58. The van der Waals surface area contributed by atoms with Gasteiger partial charge in [0, 0.05) is 6.04 Å². The summed E-state index contributed by atoms with van der Waals surface area (Å²) >= 11 is 12.1. The van der Waals surface area contributed by atoms with Gasteiger partial charge in [0.25, 0.3) is 5.91 Å². The number of nitrogens with one attached hydrogen (secondary N) is 1. The monoisotopic (exact) mass is 382 g/mol. The maximum atomic E-state index is 12.2. The summed E-state index contributed by atoms with van der Waals surface area (Å²) < 4.78 is 5.02. The summed E-state index contributed by atoms with van der Waals surface area (Å²) in [4.78, 5) is 22.8. The van der Waals surface area contributed by atoms with Crippen LogP contribution < -0.4 is 10.1 Å². The lowest BCUT2D eigenvalue weighted by molar-refractivity contribution is -0.139. The molecule has 1 amide bonds. The van der Waals surface area contributed by atoms with Crippen LogP contribution in [0.2, 0.25) is 10.0 Å². The van der Waals surface area contributed by atoms with Gasteiger partial charge in [0.1, 0.15) is 11.6 Å². The number of carboxylic acids is 1. The molecule has 1 aromatic rings. The Kier molecular flexibility index (Phi) is 6.68. The minimum Gasteiger partial charge on any atom is -0.479 e. The number of benzene rings is 1. The van der Waals surface area contributed by atoms with Crippen molar-refractivity contribution >= 4 is 41.2 Å². The number of carbonyl (C=O) groups excluding carboxylic acids is 1. The molecule has 2 N–H and O–H groups in total. The molecular formula is C17H16Cl2N2O4. The Hall–Kier alpha value is -2.23. The summed E-state index contributed by atoms with van der Waals surface area (Å²) in [6.07, 6.45) is 5.34. The summed E-state index contributed by atoms with van der Waals surface area (Å²) in [6, 6.07) is 4.87. The first-order chi connectivity index (χ1) is 11.9. The number of hydrogen-bond acceptors (Lipinski definition) is 4. The lowest BCUT2D eigenvalue weighted by Crippen LogP contribution is -2.33. The van der Waals surface area contributed by atoms with Crippen LogP contribution in [0.4, 0.5) is 0 Å². The van der Waals surface area contributed by atoms with E-state index in [1.807, 2.05) is 6.07 Å². The fraction of sp³-hybridized carbons (Fsp3) is 0.353. The number of rotatable bonds is 6. The molecule has 25 heavy (non-hydrogen) atoms. The van der Waals surface area contributed by atoms with E-state index in [-0.39, 0.29) is 27.4 Å². The van der Waals surface area contributed by atoms with Gasteiger partial charge in [0.15, 0.2) is 12.4 Å². The second-order valence-electron chi connectivity index (χ2n) is 5.62. The highest BCUT2D eigenvalue weighted by Crippen LogP contribution is 2.34. The van der Waals surface area contributed by atoms with Crippen molar-refractivity contribution in [2.75, 3.05) is 6.61 Å². The molecule has 1 fully saturated rings. The molecule has 1 saturated carbocycles. The van der Waals surface area contributed by atoms with E-state index < -0.39 is 18.5 Å². The van der Waals surface area contributed by atoms with E-state index in [1.165, 1.54) is 18.2 Å². The Labute approximate surface area is 155 Å². The van der Waals surface area contributed by atoms with Gasteiger partial charge >= 0.3 is 5.97 Å². The molecule has 2 rings (SSSR count). The summed E-state index contributed by atoms with van der Waals surface area (Å²) in [7, 11) is 0. The molecule has 8 heteroatoms. The highest BCUT2D eigenvalue weighted by Gasteiger charge is 2.19. The van der Waals surface area contributed by atoms with E-state index in [0.29, 0.717) is 5.56 Å². The van der Waals surface area contributed by atoms with E-state index in [4.69, 9.17) is 33.0 Å². The van der Waals surface area contributed by atoms with E-state index in [0.717, 1.165) is 25.7 Å². The van der Waals surface area contributed by atoms with Gasteiger partial charge < -0.3 is 15.2 Å². The van der Waals surface area contributed by atoms with E-state index in [9.17, 15) is 14.9 Å². The molecular weight excluding hydrogens is 367 g/mol. The number of halogens is 2. The third-order valence-electron chi connectivity index (χ3n) is 3.73. The predicted molar refractivity (Wildman–Crippen MR) is 93.6 cm³/mol. The van der Waals surface area contributed by atoms with Crippen molar-refractivity contribution in [3.8, 4) is 11.8 Å². The SMILES string of the molecule is N#C/C(=C/c1cc(Cl)c(OCC(=O)O)c(Cl)c1)C(=O)NC1CCCC1. The molecule has 1 aromatic carbocycles. The van der Waals surface area contributed by atoms with Gasteiger partial charge in [-0.1, -0.05) is 36.0 Å². The lowest BCUT2D eigenvalue weighted by atomic mass is 10.1. The molecule has 0 aliphatic heterocycles. The lowest BCUT2D eigenvalue weighted by Gasteiger charge is -2.11. The zero-order chi connectivity index (χ0) is 18.4. The summed E-state index contributed by atoms with van der Waals surface area (Å²) in [6.45, 7) is -0.581. The zero-order valence-corrected chi connectivity index (χ0v) is 14.7. The third kappa shape index (κ3) is 5.38. The summed E-state index contributed by atoms with van der Waals surface area (Å²) in [5.41, 5.74) is 0.383. The smallest absolute Gasteiger partial charge is 0.341 e. The van der Waals surface area contributed by atoms with Crippen LogP contribution in [0.3, 0.4) is 0 Å². The number of aliphatic carboxylic acids is 1. The second kappa shape index (κ2) is 8.75. The van der Waals surface area contributed by atoms with E-state index in [2.05, 4.69) is 5.32 Å². The molecule has 0 radical (unpaired) electrons. The predicted octanol–water partition coefficient (Wildman–Crippen LogP) is 3.42. The van der Waals surface area contributed by atoms with Crippen molar-refractivity contribution in [1.82, 2.24) is 5.32 Å². The molecule has 6 nitrogen and oxygen atoms in total. The van der Waals surface area contributed by atoms with E-state index >= 15 is 0 Å². The number of ether oxygens (including phenoxy) is 1. The number of nitrogens with zero attached hydrogens (tertiary/aromatic N) is 1. The topological polar surface area (TPSA) is 99.4 Å². The van der Waals surface area contributed by atoms with Gasteiger partial charge in [-0.2, -0.15) is 5.26 Å². The maximum Gasteiger partial charge on any atom is 0.341 e. The molecule has 1 aliphatic carbocycles. The van der Waals surface area contributed by atoms with Crippen LogP contribution in [-0.4, -0.2) is 29.6 Å². The summed E-state index contributed by atoms with van der Waals surface area (Å²) in [5, 5.41) is 20.9. The number of hydrogen-bond donors (Lipinski definition) is 2. The Morgan fingerprint density at radius 2 is 1.92 bits per heavy atom. The number of carbonyl (C=O) groups is 2. The fourth-order valence-corrected chi connectivity index (χ4v) is 3.20. The largest absolute Gasteiger partial charge is 0.479 e. The van der Waals surface area contributed by atoms with Crippen LogP contribution in [0.25, 0.3) is 6.08 Å². The van der Waals surface area contributed by atoms with Gasteiger partial charge in [-0.25, -0.2) is 4.79 Å². The maximum absolute atomic E-state index is 12.2. The van der Waals surface area contributed by atoms with Gasteiger partial charge in [0.05, 0.1) is 10.0 Å². The average Bonchev–Trinajstić information content (AvgIpc) is 3.04. The number of amides is 1. The number of nitriles is 1. The molecule has 0 bridgehead atoms. The molecule has 132 valence electrons. The van der Waals surface area contributed by atoms with Gasteiger partial charge in [0.2, 0.25) is 0 Å². The van der Waals surface area contributed by atoms with Crippen molar-refractivity contribution in [3.05, 3.63) is 33.3 Å². The first-order valence-electron chi connectivity index (χ1n) is 7.67. The molecule has 0 unspecified atom stereocenters. The standard InChI is InChI=1S/C17H16Cl2N2O4/c18-13-6-10(7-14(19)16(13)25-9-15(22)23)5-11(8-20)17(24)21-12-3-1-2-4-12/h5-7,12H,1-4,9H2,(H,21,24)(H,22,23)/b11-5-. The minimum absolute atomic E-state index is 0.0387. The normalized spacial score (nSPS) is 14.8. The van der Waals surface area contributed by atoms with Gasteiger partial charge in [-0.15, -0.1) is 0 Å². The minimum atomic E-state index is -1.16. The molecule has 0 aromatic heterocycles. The summed E-state index contributed by atoms with van der Waals surface area (Å²) in [5.74, 6) is -1.56. The Bertz CT molecular complexity index is 727. The second-order valence-corrected chi connectivity index (χ2v) is 6.44. The van der Waals surface area contributed by atoms with Crippen LogP contribution >= 0.6 is 23.2 Å². The van der Waals surface area contributed by atoms with Crippen molar-refractivity contribution in [2.45, 2.75) is 31.7 Å². The molecule has 0 heterocycles. The molecule has 0 atom stereocenters. The van der Waals surface area contributed by atoms with Crippen LogP contribution in [0, 0.1) is 11.3 Å². The Morgan fingerprint density at radius 3 is 2.44 bits per heavy atom. The zero-order valence-electron chi connectivity index (χ0n) is 13.2. The van der Waals surface area contributed by atoms with Gasteiger partial charge in [-0.05, 0) is 36.6 Å².